The first-order valence-electron chi connectivity index (χ1n) is 5.47. The Morgan fingerprint density at radius 2 is 1.95 bits per heavy atom. The molecule has 0 radical (unpaired) electrons. The molecule has 102 valence electrons. The lowest BCUT2D eigenvalue weighted by Crippen LogP contribution is -2.14. The van der Waals surface area contributed by atoms with Crippen LogP contribution in [-0.4, -0.2) is 0 Å². The van der Waals surface area contributed by atoms with Crippen LogP contribution in [0.1, 0.15) is 27.6 Å². The second-order valence-corrected chi connectivity index (χ2v) is 6.12. The Morgan fingerprint density at radius 1 is 1.26 bits per heavy atom. The fourth-order valence-electron chi connectivity index (χ4n) is 1.85. The first-order chi connectivity index (χ1) is 8.80. The molecule has 0 aliphatic rings. The lowest BCUT2D eigenvalue weighted by Gasteiger charge is -2.16. The Morgan fingerprint density at radius 3 is 2.47 bits per heavy atom. The molecule has 0 bridgehead atoms. The van der Waals surface area contributed by atoms with Crippen molar-refractivity contribution in [3.63, 3.8) is 0 Å². The van der Waals surface area contributed by atoms with Crippen LogP contribution in [0.2, 0.25) is 0 Å². The van der Waals surface area contributed by atoms with Crippen LogP contribution in [0.25, 0.3) is 0 Å². The molecule has 0 aliphatic heterocycles. The van der Waals surface area contributed by atoms with Crippen molar-refractivity contribution in [3.8, 4) is 0 Å². The van der Waals surface area contributed by atoms with Gasteiger partial charge in [0, 0.05) is 9.35 Å². The first kappa shape index (κ1) is 14.6. The minimum absolute atomic E-state index is 0.0259. The van der Waals surface area contributed by atoms with Gasteiger partial charge < -0.3 is 5.73 Å². The smallest absolute Gasteiger partial charge is 0.320 e. The highest BCUT2D eigenvalue weighted by Gasteiger charge is 2.33. The Bertz CT molecular complexity index is 592. The second kappa shape index (κ2) is 5.26. The van der Waals surface area contributed by atoms with Crippen molar-refractivity contribution in [1.82, 2.24) is 0 Å². The number of hydrogen-bond acceptors (Lipinski definition) is 2. The number of benzene rings is 1. The van der Waals surface area contributed by atoms with Crippen LogP contribution in [0.3, 0.4) is 0 Å². The number of nitrogens with two attached hydrogens (primary N) is 1. The van der Waals surface area contributed by atoms with Gasteiger partial charge >= 0.3 is 6.18 Å². The maximum Gasteiger partial charge on any atom is 0.417 e. The van der Waals surface area contributed by atoms with Gasteiger partial charge in [0.15, 0.2) is 0 Å². The first-order valence-corrected chi connectivity index (χ1v) is 7.14. The van der Waals surface area contributed by atoms with E-state index in [2.05, 4.69) is 15.9 Å². The molecule has 0 aliphatic carbocycles. The Hall–Kier alpha value is -0.850. The highest BCUT2D eigenvalue weighted by molar-refractivity contribution is 9.10. The molecular weight excluding hydrogens is 339 g/mol. The molecular formula is C13H11BrF3NS. The lowest BCUT2D eigenvalue weighted by molar-refractivity contribution is -0.138. The molecule has 19 heavy (non-hydrogen) atoms. The summed E-state index contributed by atoms with van der Waals surface area (Å²) in [5.41, 5.74) is 6.66. The van der Waals surface area contributed by atoms with Crippen molar-refractivity contribution in [2.45, 2.75) is 19.1 Å². The SMILES string of the molecule is Cc1sccc1C(N)c1ccc(Br)c(C(F)(F)F)c1. The van der Waals surface area contributed by atoms with Gasteiger partial charge in [0.2, 0.25) is 0 Å². The Balaban J connectivity index is 2.44. The van der Waals surface area contributed by atoms with E-state index in [4.69, 9.17) is 5.73 Å². The van der Waals surface area contributed by atoms with Gasteiger partial charge in [-0.15, -0.1) is 11.3 Å². The zero-order chi connectivity index (χ0) is 14.2. The van der Waals surface area contributed by atoms with E-state index in [0.29, 0.717) is 5.56 Å². The highest BCUT2D eigenvalue weighted by atomic mass is 79.9. The topological polar surface area (TPSA) is 26.0 Å². The van der Waals surface area contributed by atoms with Crippen molar-refractivity contribution < 1.29 is 13.2 Å². The third kappa shape index (κ3) is 3.01. The van der Waals surface area contributed by atoms with Crippen LogP contribution in [0.15, 0.2) is 34.1 Å². The highest BCUT2D eigenvalue weighted by Crippen LogP contribution is 2.37. The minimum atomic E-state index is -4.39. The standard InChI is InChI=1S/C13H11BrF3NS/c1-7-9(4-5-19-7)12(18)8-2-3-11(14)10(6-8)13(15,16)17/h2-6,12H,18H2,1H3. The molecule has 1 atom stereocenters. The van der Waals surface area contributed by atoms with Gasteiger partial charge in [-0.25, -0.2) is 0 Å². The van der Waals surface area contributed by atoms with Crippen LogP contribution >= 0.6 is 27.3 Å². The quantitative estimate of drug-likeness (QED) is 0.820. The molecule has 0 amide bonds. The maximum absolute atomic E-state index is 12.8. The molecule has 2 aromatic rings. The number of aryl methyl sites for hydroxylation is 1. The molecule has 6 heteroatoms. The molecule has 0 saturated heterocycles. The van der Waals surface area contributed by atoms with Crippen LogP contribution < -0.4 is 5.73 Å². The minimum Gasteiger partial charge on any atom is -0.320 e. The second-order valence-electron chi connectivity index (χ2n) is 4.15. The zero-order valence-corrected chi connectivity index (χ0v) is 12.4. The summed E-state index contributed by atoms with van der Waals surface area (Å²) in [4.78, 5) is 1.02. The fourth-order valence-corrected chi connectivity index (χ4v) is 3.07. The number of halogens is 4. The predicted octanol–water partition coefficient (Wildman–Crippen LogP) is 4.89. The third-order valence-electron chi connectivity index (χ3n) is 2.89. The molecule has 1 heterocycles. The number of rotatable bonds is 2. The van der Waals surface area contributed by atoms with Gasteiger partial charge in [0.25, 0.3) is 0 Å². The Kier molecular flexibility index (Phi) is 4.03. The summed E-state index contributed by atoms with van der Waals surface area (Å²) in [5, 5.41) is 1.88. The molecule has 0 fully saturated rings. The average molecular weight is 350 g/mol. The van der Waals surface area contributed by atoms with Crippen LogP contribution in [-0.2, 0) is 6.18 Å². The molecule has 0 spiro atoms. The molecule has 2 rings (SSSR count). The average Bonchev–Trinajstić information content (AvgIpc) is 2.73. The van der Waals surface area contributed by atoms with E-state index >= 15 is 0 Å². The summed E-state index contributed by atoms with van der Waals surface area (Å²) in [6, 6.07) is 5.41. The predicted molar refractivity (Wildman–Crippen MR) is 74.2 cm³/mol. The van der Waals surface area contributed by atoms with Gasteiger partial charge in [-0.1, -0.05) is 22.0 Å². The van der Waals surface area contributed by atoms with Gasteiger partial charge in [0.1, 0.15) is 0 Å². The summed E-state index contributed by atoms with van der Waals surface area (Å²) >= 11 is 4.45. The van der Waals surface area contributed by atoms with Crippen molar-refractivity contribution in [1.29, 1.82) is 0 Å². The number of alkyl halides is 3. The van der Waals surface area contributed by atoms with Crippen LogP contribution in [0.4, 0.5) is 13.2 Å². The van der Waals surface area contributed by atoms with Crippen molar-refractivity contribution >= 4 is 27.3 Å². The van der Waals surface area contributed by atoms with E-state index in [1.54, 1.807) is 6.07 Å². The van der Waals surface area contributed by atoms with E-state index in [9.17, 15) is 13.2 Å². The maximum atomic E-state index is 12.8. The van der Waals surface area contributed by atoms with E-state index in [1.165, 1.54) is 17.4 Å². The number of hydrogen-bond donors (Lipinski definition) is 1. The third-order valence-corrected chi connectivity index (χ3v) is 4.44. The summed E-state index contributed by atoms with van der Waals surface area (Å²) in [6.45, 7) is 1.91. The molecule has 1 aromatic heterocycles. The normalized spacial score (nSPS) is 13.6. The zero-order valence-electron chi connectivity index (χ0n) is 9.96. The molecule has 1 nitrogen and oxygen atoms in total. The molecule has 1 unspecified atom stereocenters. The van der Waals surface area contributed by atoms with Crippen molar-refractivity contribution in [3.05, 3.63) is 55.7 Å². The van der Waals surface area contributed by atoms with Gasteiger partial charge in [0.05, 0.1) is 11.6 Å². The number of thiophene rings is 1. The van der Waals surface area contributed by atoms with E-state index in [1.807, 2.05) is 18.4 Å². The lowest BCUT2D eigenvalue weighted by atomic mass is 9.98. The largest absolute Gasteiger partial charge is 0.417 e. The van der Waals surface area contributed by atoms with E-state index in [-0.39, 0.29) is 4.47 Å². The van der Waals surface area contributed by atoms with E-state index < -0.39 is 17.8 Å². The van der Waals surface area contributed by atoms with Gasteiger partial charge in [-0.3, -0.25) is 0 Å². The summed E-state index contributed by atoms with van der Waals surface area (Å²) in [7, 11) is 0. The Labute approximate surface area is 121 Å². The molecule has 2 N–H and O–H groups in total. The summed E-state index contributed by atoms with van der Waals surface area (Å²) in [6.07, 6.45) is -4.39. The molecule has 1 aromatic carbocycles. The monoisotopic (exact) mass is 349 g/mol. The van der Waals surface area contributed by atoms with Gasteiger partial charge in [-0.05, 0) is 41.6 Å². The van der Waals surface area contributed by atoms with Crippen molar-refractivity contribution in [2.24, 2.45) is 5.73 Å². The summed E-state index contributed by atoms with van der Waals surface area (Å²) in [5.74, 6) is 0. The van der Waals surface area contributed by atoms with Crippen LogP contribution in [0, 0.1) is 6.92 Å². The van der Waals surface area contributed by atoms with Crippen molar-refractivity contribution in [2.75, 3.05) is 0 Å². The van der Waals surface area contributed by atoms with Gasteiger partial charge in [-0.2, -0.15) is 13.2 Å². The molecule has 0 saturated carbocycles. The van der Waals surface area contributed by atoms with E-state index in [0.717, 1.165) is 16.5 Å². The van der Waals surface area contributed by atoms with Crippen LogP contribution in [0.5, 0.6) is 0 Å². The summed E-state index contributed by atoms with van der Waals surface area (Å²) < 4.78 is 38.6. The fraction of sp³-hybridized carbons (Fsp3) is 0.231.